The second-order valence-electron chi connectivity index (χ2n) is 8.89. The number of nitrogens with two attached hydrogens (primary N) is 3. The number of aliphatic hydroxyl groups is 1. The summed E-state index contributed by atoms with van der Waals surface area (Å²) in [5.74, 6) is 0.214. The first kappa shape index (κ1) is 26.4. The Morgan fingerprint density at radius 3 is 2.55 bits per heavy atom. The first-order valence-electron chi connectivity index (χ1n) is 11.5. The fourth-order valence-corrected chi connectivity index (χ4v) is 7.37. The first-order chi connectivity index (χ1) is 18.0. The predicted octanol–water partition coefficient (Wildman–Crippen LogP) is -1.38. The number of H-pyrrole nitrogens is 1. The molecule has 0 aliphatic carbocycles. The van der Waals surface area contributed by atoms with Crippen LogP contribution in [0.1, 0.15) is 17.4 Å². The van der Waals surface area contributed by atoms with Gasteiger partial charge in [0.2, 0.25) is 20.0 Å². The molecule has 0 amide bonds. The smallest absolute Gasteiger partial charge is 0.242 e. The number of fused-ring (bicyclic) bond motifs is 1. The van der Waals surface area contributed by atoms with E-state index in [9.17, 15) is 21.9 Å². The van der Waals surface area contributed by atoms with Crippen molar-refractivity contribution >= 4 is 36.9 Å². The Hall–Kier alpha value is -3.16. The highest BCUT2D eigenvalue weighted by molar-refractivity contribution is 7.92. The standard InChI is InChI=1S/C21H26N10O5S2/c22-12-6-25-7-15(12)31-38(35,36)16-5-4-10(17(19(16)37(24,33)34)21-26-9-27-30-21)11-2-1-3-14-18(11)29-20(28-14)13(23)8-32/h1-5,12-13,15,25,31-32H,6-9,22-23H2,(H,28,29)(H2,24,33,34)/t12-,13-,15+/m1/s1. The van der Waals surface area contributed by atoms with E-state index < -0.39 is 48.0 Å². The summed E-state index contributed by atoms with van der Waals surface area (Å²) in [4.78, 5) is 10.5. The molecular formula is C21H26N10O5S2. The van der Waals surface area contributed by atoms with Crippen molar-refractivity contribution in [3.8, 4) is 11.1 Å². The number of aromatic amines is 1. The Morgan fingerprint density at radius 2 is 1.92 bits per heavy atom. The molecular weight excluding hydrogens is 536 g/mol. The lowest BCUT2D eigenvalue weighted by Gasteiger charge is -2.20. The lowest BCUT2D eigenvalue weighted by atomic mass is 9.97. The Balaban J connectivity index is 1.78. The summed E-state index contributed by atoms with van der Waals surface area (Å²) < 4.78 is 55.5. The summed E-state index contributed by atoms with van der Waals surface area (Å²) in [7, 11) is -9.07. The van der Waals surface area contributed by atoms with Crippen molar-refractivity contribution in [2.45, 2.75) is 27.9 Å². The van der Waals surface area contributed by atoms with Gasteiger partial charge < -0.3 is 26.9 Å². The zero-order valence-electron chi connectivity index (χ0n) is 19.9. The monoisotopic (exact) mass is 562 g/mol. The normalized spacial score (nSPS) is 20.8. The Bertz CT molecular complexity index is 1680. The fourth-order valence-electron chi connectivity index (χ4n) is 4.48. The van der Waals surface area contributed by atoms with Gasteiger partial charge >= 0.3 is 0 Å². The van der Waals surface area contributed by atoms with Crippen molar-refractivity contribution in [3.05, 3.63) is 41.7 Å². The van der Waals surface area contributed by atoms with Gasteiger partial charge in [-0.05, 0) is 17.7 Å². The van der Waals surface area contributed by atoms with Crippen molar-refractivity contribution in [2.24, 2.45) is 31.8 Å². The van der Waals surface area contributed by atoms with Crippen LogP contribution in [0.5, 0.6) is 0 Å². The van der Waals surface area contributed by atoms with Crippen LogP contribution < -0.4 is 26.6 Å². The number of nitrogens with one attached hydrogen (secondary N) is 3. The summed E-state index contributed by atoms with van der Waals surface area (Å²) in [6.45, 7) is 0.244. The van der Waals surface area contributed by atoms with E-state index in [1.165, 1.54) is 6.07 Å². The summed E-state index contributed by atoms with van der Waals surface area (Å²) >= 11 is 0. The predicted molar refractivity (Wildman–Crippen MR) is 138 cm³/mol. The van der Waals surface area contributed by atoms with Crippen molar-refractivity contribution in [3.63, 3.8) is 0 Å². The number of azo groups is 1. The molecule has 2 aliphatic heterocycles. The molecule has 10 N–H and O–H groups in total. The van der Waals surface area contributed by atoms with Gasteiger partial charge in [0.1, 0.15) is 15.6 Å². The number of amidine groups is 1. The molecule has 0 bridgehead atoms. The molecule has 17 heteroatoms. The van der Waals surface area contributed by atoms with E-state index in [0.29, 0.717) is 29.0 Å². The van der Waals surface area contributed by atoms with Crippen LogP contribution in [0.3, 0.4) is 0 Å². The summed E-state index contributed by atoms with van der Waals surface area (Å²) in [6, 6.07) is 5.75. The molecule has 2 aliphatic rings. The highest BCUT2D eigenvalue weighted by Gasteiger charge is 2.36. The van der Waals surface area contributed by atoms with Crippen LogP contribution in [0.25, 0.3) is 22.2 Å². The quantitative estimate of drug-likeness (QED) is 0.170. The third-order valence-corrected chi connectivity index (χ3v) is 8.96. The van der Waals surface area contributed by atoms with E-state index in [4.69, 9.17) is 16.6 Å². The number of sulfonamides is 2. The summed E-state index contributed by atoms with van der Waals surface area (Å²) in [5.41, 5.74) is 13.4. The van der Waals surface area contributed by atoms with E-state index in [2.05, 4.69) is 35.2 Å². The van der Waals surface area contributed by atoms with Crippen molar-refractivity contribution in [1.29, 1.82) is 0 Å². The fraction of sp³-hybridized carbons (Fsp3) is 0.333. The third-order valence-electron chi connectivity index (χ3n) is 6.31. The Labute approximate surface area is 217 Å². The van der Waals surface area contributed by atoms with Crippen molar-refractivity contribution in [1.82, 2.24) is 20.0 Å². The molecule has 1 aromatic heterocycles. The molecule has 3 heterocycles. The van der Waals surface area contributed by atoms with Gasteiger partial charge in [0.05, 0.1) is 35.3 Å². The van der Waals surface area contributed by atoms with Gasteiger partial charge in [0.25, 0.3) is 0 Å². The number of para-hydroxylation sites is 1. The Morgan fingerprint density at radius 1 is 1.13 bits per heavy atom. The van der Waals surface area contributed by atoms with Gasteiger partial charge in [0, 0.05) is 24.7 Å². The zero-order chi connectivity index (χ0) is 27.2. The van der Waals surface area contributed by atoms with Crippen LogP contribution in [0.4, 0.5) is 0 Å². The molecule has 1 saturated heterocycles. The van der Waals surface area contributed by atoms with Crippen LogP contribution in [-0.2, 0) is 20.0 Å². The summed E-state index contributed by atoms with van der Waals surface area (Å²) in [6.07, 6.45) is 0. The minimum atomic E-state index is -4.66. The van der Waals surface area contributed by atoms with Crippen LogP contribution in [0.2, 0.25) is 0 Å². The molecule has 38 heavy (non-hydrogen) atoms. The van der Waals surface area contributed by atoms with Gasteiger partial charge in [-0.3, -0.25) is 0 Å². The number of hydrogen-bond donors (Lipinski definition) is 7. The zero-order valence-corrected chi connectivity index (χ0v) is 21.5. The number of aromatic nitrogens is 2. The molecule has 202 valence electrons. The van der Waals surface area contributed by atoms with E-state index >= 15 is 0 Å². The van der Waals surface area contributed by atoms with E-state index in [1.54, 1.807) is 18.2 Å². The average Bonchev–Trinajstić information content (AvgIpc) is 3.63. The number of rotatable bonds is 8. The molecule has 0 spiro atoms. The number of primary sulfonamides is 1. The third kappa shape index (κ3) is 4.74. The maximum absolute atomic E-state index is 13.5. The van der Waals surface area contributed by atoms with E-state index in [1.807, 2.05) is 0 Å². The second kappa shape index (κ2) is 9.86. The lowest BCUT2D eigenvalue weighted by Crippen LogP contribution is -2.47. The molecule has 2 aromatic carbocycles. The van der Waals surface area contributed by atoms with Gasteiger partial charge in [-0.1, -0.05) is 18.2 Å². The van der Waals surface area contributed by atoms with Gasteiger partial charge in [-0.2, -0.15) is 5.11 Å². The highest BCUT2D eigenvalue weighted by Crippen LogP contribution is 2.37. The number of aliphatic imine (C=N–C) groups is 1. The number of benzene rings is 2. The van der Waals surface area contributed by atoms with Crippen LogP contribution >= 0.6 is 0 Å². The molecule has 0 unspecified atom stereocenters. The van der Waals surface area contributed by atoms with E-state index in [-0.39, 0.29) is 36.8 Å². The molecule has 1 fully saturated rings. The molecule has 3 atom stereocenters. The SMILES string of the molecule is N[C@H](CO)c1nc2c(-c3ccc(S(=O)(=O)N[C@H]4CNC[C@H]4N)c(S(N)(=O)=O)c3C3=NCN=N3)cccc2[nH]1. The maximum atomic E-state index is 13.5. The number of hydrogen-bond acceptors (Lipinski definition) is 12. The molecule has 0 saturated carbocycles. The van der Waals surface area contributed by atoms with Crippen LogP contribution in [0, 0.1) is 0 Å². The lowest BCUT2D eigenvalue weighted by molar-refractivity contribution is 0.264. The van der Waals surface area contributed by atoms with Crippen LogP contribution in [0.15, 0.2) is 55.3 Å². The topological polar surface area (TPSA) is 256 Å². The largest absolute Gasteiger partial charge is 0.394 e. The number of aliphatic hydroxyl groups excluding tert-OH is 1. The summed E-state index contributed by atoms with van der Waals surface area (Å²) in [5, 5.41) is 25.8. The van der Waals surface area contributed by atoms with Crippen LogP contribution in [-0.4, -0.2) is 76.2 Å². The van der Waals surface area contributed by atoms with Gasteiger partial charge in [-0.15, -0.1) is 5.11 Å². The molecule has 5 rings (SSSR count). The van der Waals surface area contributed by atoms with Crippen molar-refractivity contribution < 1.29 is 21.9 Å². The Kier molecular flexibility index (Phi) is 6.86. The van der Waals surface area contributed by atoms with Gasteiger partial charge in [0.15, 0.2) is 12.5 Å². The molecule has 15 nitrogen and oxygen atoms in total. The van der Waals surface area contributed by atoms with Gasteiger partial charge in [-0.25, -0.2) is 36.7 Å². The minimum absolute atomic E-state index is 0.0707. The van der Waals surface area contributed by atoms with E-state index in [0.717, 1.165) is 6.07 Å². The first-order valence-corrected chi connectivity index (χ1v) is 14.5. The second-order valence-corrected chi connectivity index (χ2v) is 12.1. The maximum Gasteiger partial charge on any atom is 0.242 e. The molecule has 3 aromatic rings. The number of nitrogens with zero attached hydrogens (tertiary/aromatic N) is 4. The van der Waals surface area contributed by atoms with Crippen molar-refractivity contribution in [2.75, 3.05) is 26.4 Å². The minimum Gasteiger partial charge on any atom is -0.394 e. The average molecular weight is 563 g/mol. The molecule has 0 radical (unpaired) electrons. The number of imidazole rings is 1. The highest BCUT2D eigenvalue weighted by atomic mass is 32.2.